The number of aromatic nitrogens is 3. The fourth-order valence-electron chi connectivity index (χ4n) is 3.26. The van der Waals surface area contributed by atoms with Gasteiger partial charge in [0.2, 0.25) is 5.88 Å². The molecule has 1 aromatic carbocycles. The van der Waals surface area contributed by atoms with Crippen molar-refractivity contribution in [2.24, 2.45) is 0 Å². The van der Waals surface area contributed by atoms with Crippen LogP contribution in [0.1, 0.15) is 16.2 Å². The number of piperazine rings is 1. The second kappa shape index (κ2) is 8.31. The zero-order valence-corrected chi connectivity index (χ0v) is 15.9. The average Bonchev–Trinajstić information content (AvgIpc) is 2.75. The summed E-state index contributed by atoms with van der Waals surface area (Å²) in [5, 5.41) is 9.03. The minimum atomic E-state index is -0.00316. The quantitative estimate of drug-likeness (QED) is 0.679. The van der Waals surface area contributed by atoms with Crippen molar-refractivity contribution in [3.05, 3.63) is 59.9 Å². The Hall–Kier alpha value is -3.06. The van der Waals surface area contributed by atoms with Gasteiger partial charge in [-0.05, 0) is 25.1 Å². The first-order chi connectivity index (χ1) is 13.7. The van der Waals surface area contributed by atoms with Gasteiger partial charge in [0.1, 0.15) is 12.3 Å². The van der Waals surface area contributed by atoms with Gasteiger partial charge < -0.3 is 9.64 Å². The lowest BCUT2D eigenvalue weighted by Crippen LogP contribution is -2.49. The van der Waals surface area contributed by atoms with Gasteiger partial charge in [-0.15, -0.1) is 5.10 Å². The molecule has 0 saturated carbocycles. The Bertz CT molecular complexity index is 952. The maximum Gasteiger partial charge on any atom is 0.272 e. The van der Waals surface area contributed by atoms with Crippen LogP contribution in [0.3, 0.4) is 0 Å². The molecule has 0 unspecified atom stereocenters. The van der Waals surface area contributed by atoms with Gasteiger partial charge in [0.25, 0.3) is 5.91 Å². The van der Waals surface area contributed by atoms with Crippen molar-refractivity contribution in [2.75, 3.05) is 39.3 Å². The van der Waals surface area contributed by atoms with E-state index in [4.69, 9.17) is 4.74 Å². The van der Waals surface area contributed by atoms with Crippen LogP contribution in [0.15, 0.2) is 48.5 Å². The third kappa shape index (κ3) is 4.26. The molecule has 0 radical (unpaired) electrons. The number of hydrogen-bond acceptors (Lipinski definition) is 6. The molecule has 0 bridgehead atoms. The van der Waals surface area contributed by atoms with E-state index in [2.05, 4.69) is 20.1 Å². The molecule has 0 aliphatic carbocycles. The molecular weight excluding hydrogens is 354 g/mol. The number of hydrogen-bond donors (Lipinski definition) is 0. The highest BCUT2D eigenvalue weighted by Crippen LogP contribution is 2.14. The molecule has 2 aromatic heterocycles. The van der Waals surface area contributed by atoms with Crippen LogP contribution < -0.4 is 4.74 Å². The average molecular weight is 377 g/mol. The van der Waals surface area contributed by atoms with Crippen LogP contribution in [0.25, 0.3) is 10.9 Å². The van der Waals surface area contributed by atoms with Crippen molar-refractivity contribution in [3.8, 4) is 5.88 Å². The number of nitrogens with zero attached hydrogens (tertiary/aromatic N) is 5. The van der Waals surface area contributed by atoms with E-state index >= 15 is 0 Å². The highest BCUT2D eigenvalue weighted by molar-refractivity contribution is 5.95. The van der Waals surface area contributed by atoms with E-state index in [1.807, 2.05) is 60.4 Å². The molecule has 0 atom stereocenters. The topological polar surface area (TPSA) is 71.5 Å². The predicted octanol–water partition coefficient (Wildman–Crippen LogP) is 2.17. The van der Waals surface area contributed by atoms with E-state index in [1.165, 1.54) is 0 Å². The van der Waals surface area contributed by atoms with E-state index in [-0.39, 0.29) is 5.91 Å². The zero-order chi connectivity index (χ0) is 19.3. The van der Waals surface area contributed by atoms with E-state index in [0.29, 0.717) is 31.3 Å². The minimum absolute atomic E-state index is 0.00316. The van der Waals surface area contributed by atoms with Gasteiger partial charge in [-0.1, -0.05) is 24.3 Å². The normalized spacial score (nSPS) is 15.0. The van der Waals surface area contributed by atoms with Gasteiger partial charge in [-0.2, -0.15) is 5.10 Å². The summed E-state index contributed by atoms with van der Waals surface area (Å²) in [5.74, 6) is 0.540. The second-order valence-corrected chi connectivity index (χ2v) is 6.88. The SMILES string of the molecule is Cc1ccc(OCCN2CCN(C(=O)c3ccc4ccccc4n3)CC2)nn1. The van der Waals surface area contributed by atoms with E-state index in [9.17, 15) is 4.79 Å². The first kappa shape index (κ1) is 18.3. The molecule has 3 heterocycles. The lowest BCUT2D eigenvalue weighted by Gasteiger charge is -2.34. The summed E-state index contributed by atoms with van der Waals surface area (Å²) in [6.07, 6.45) is 0. The molecule has 7 nitrogen and oxygen atoms in total. The molecule has 7 heteroatoms. The summed E-state index contributed by atoms with van der Waals surface area (Å²) in [7, 11) is 0. The van der Waals surface area contributed by atoms with Gasteiger partial charge in [-0.3, -0.25) is 9.69 Å². The van der Waals surface area contributed by atoms with Crippen LogP contribution in [0.2, 0.25) is 0 Å². The third-order valence-corrected chi connectivity index (χ3v) is 4.91. The molecule has 1 saturated heterocycles. The Kier molecular flexibility index (Phi) is 5.43. The molecule has 144 valence electrons. The van der Waals surface area contributed by atoms with Crippen LogP contribution in [0.5, 0.6) is 5.88 Å². The van der Waals surface area contributed by atoms with Crippen LogP contribution >= 0.6 is 0 Å². The molecule has 4 rings (SSSR count). The Morgan fingerprint density at radius 2 is 1.82 bits per heavy atom. The van der Waals surface area contributed by atoms with Crippen molar-refractivity contribution in [2.45, 2.75) is 6.92 Å². The number of fused-ring (bicyclic) bond motifs is 1. The molecule has 1 aliphatic rings. The summed E-state index contributed by atoms with van der Waals surface area (Å²) in [4.78, 5) is 21.5. The number of ether oxygens (including phenoxy) is 1. The lowest BCUT2D eigenvalue weighted by molar-refractivity contribution is 0.0614. The van der Waals surface area contributed by atoms with Crippen LogP contribution in [-0.2, 0) is 0 Å². The van der Waals surface area contributed by atoms with Crippen LogP contribution in [0.4, 0.5) is 0 Å². The van der Waals surface area contributed by atoms with E-state index in [1.54, 1.807) is 0 Å². The molecule has 1 amide bonds. The molecule has 0 N–H and O–H groups in total. The minimum Gasteiger partial charge on any atom is -0.475 e. The Labute approximate surface area is 164 Å². The number of benzene rings is 1. The third-order valence-electron chi connectivity index (χ3n) is 4.91. The summed E-state index contributed by atoms with van der Waals surface area (Å²) >= 11 is 0. The molecular formula is C21H23N5O2. The van der Waals surface area contributed by atoms with Crippen molar-refractivity contribution in [1.29, 1.82) is 0 Å². The first-order valence-corrected chi connectivity index (χ1v) is 9.49. The largest absolute Gasteiger partial charge is 0.475 e. The van der Waals surface area contributed by atoms with Gasteiger partial charge in [0.05, 0.1) is 11.2 Å². The monoisotopic (exact) mass is 377 g/mol. The van der Waals surface area contributed by atoms with E-state index < -0.39 is 0 Å². The lowest BCUT2D eigenvalue weighted by atomic mass is 10.2. The van der Waals surface area contributed by atoms with E-state index in [0.717, 1.165) is 36.2 Å². The summed E-state index contributed by atoms with van der Waals surface area (Å²) in [6.45, 7) is 6.27. The molecule has 1 fully saturated rings. The molecule has 0 spiro atoms. The molecule has 1 aliphatic heterocycles. The molecule has 28 heavy (non-hydrogen) atoms. The highest BCUT2D eigenvalue weighted by Gasteiger charge is 2.23. The predicted molar refractivity (Wildman–Crippen MR) is 106 cm³/mol. The van der Waals surface area contributed by atoms with Crippen molar-refractivity contribution in [3.63, 3.8) is 0 Å². The van der Waals surface area contributed by atoms with Gasteiger partial charge in [0.15, 0.2) is 0 Å². The fourth-order valence-corrected chi connectivity index (χ4v) is 3.26. The number of rotatable bonds is 5. The first-order valence-electron chi connectivity index (χ1n) is 9.49. The number of para-hydroxylation sites is 1. The van der Waals surface area contributed by atoms with Gasteiger partial charge in [-0.25, -0.2) is 4.98 Å². The van der Waals surface area contributed by atoms with Crippen molar-refractivity contribution >= 4 is 16.8 Å². The number of pyridine rings is 1. The maximum absolute atomic E-state index is 12.8. The number of aryl methyl sites for hydroxylation is 1. The molecule has 3 aromatic rings. The fraction of sp³-hybridized carbons (Fsp3) is 0.333. The standard InChI is InChI=1S/C21H23N5O2/c1-16-6-9-20(24-23-16)28-15-14-25-10-12-26(13-11-25)21(27)19-8-7-17-4-2-3-5-18(17)22-19/h2-9H,10-15H2,1H3. The van der Waals surface area contributed by atoms with Crippen molar-refractivity contribution in [1.82, 2.24) is 25.0 Å². The zero-order valence-electron chi connectivity index (χ0n) is 15.9. The van der Waals surface area contributed by atoms with Gasteiger partial charge >= 0.3 is 0 Å². The summed E-state index contributed by atoms with van der Waals surface area (Å²) < 4.78 is 5.64. The summed E-state index contributed by atoms with van der Waals surface area (Å²) in [5.41, 5.74) is 2.23. The highest BCUT2D eigenvalue weighted by atomic mass is 16.5. The Balaban J connectivity index is 1.27. The number of carbonyl (C=O) groups excluding carboxylic acids is 1. The maximum atomic E-state index is 12.8. The van der Waals surface area contributed by atoms with Crippen LogP contribution in [0, 0.1) is 6.92 Å². The van der Waals surface area contributed by atoms with Crippen molar-refractivity contribution < 1.29 is 9.53 Å². The smallest absolute Gasteiger partial charge is 0.272 e. The number of carbonyl (C=O) groups is 1. The van der Waals surface area contributed by atoms with Crippen LogP contribution in [-0.4, -0.2) is 70.2 Å². The second-order valence-electron chi connectivity index (χ2n) is 6.88. The Morgan fingerprint density at radius 1 is 1.00 bits per heavy atom. The number of amides is 1. The van der Waals surface area contributed by atoms with Gasteiger partial charge in [0, 0.05) is 44.2 Å². The Morgan fingerprint density at radius 3 is 2.61 bits per heavy atom. The summed E-state index contributed by atoms with van der Waals surface area (Å²) in [6, 6.07) is 15.3.